The normalized spacial score (nSPS) is 13.1. The minimum absolute atomic E-state index is 0.0659. The molecule has 1 aromatic heterocycles. The number of carbonyl (C=O) groups excluding carboxylic acids is 2. The first-order chi connectivity index (χ1) is 15.0. The number of fused-ring (bicyclic) bond motifs is 5. The average molecular weight is 435 g/mol. The third-order valence-corrected chi connectivity index (χ3v) is 6.01. The minimum Gasteiger partial charge on any atom is -0.493 e. The zero-order valence-electron chi connectivity index (χ0n) is 16.7. The molecule has 0 unspecified atom stereocenters. The maximum absolute atomic E-state index is 12.8. The Hall–Kier alpha value is -3.35. The lowest BCUT2D eigenvalue weighted by Crippen LogP contribution is -2.20. The van der Waals surface area contributed by atoms with Crippen LogP contribution in [0, 0.1) is 0 Å². The molecule has 0 bridgehead atoms. The molecule has 6 nitrogen and oxygen atoms in total. The second kappa shape index (κ2) is 7.41. The summed E-state index contributed by atoms with van der Waals surface area (Å²) < 4.78 is 7.71. The highest BCUT2D eigenvalue weighted by atomic mass is 35.5. The van der Waals surface area contributed by atoms with Crippen LogP contribution >= 0.6 is 11.6 Å². The third-order valence-electron chi connectivity index (χ3n) is 5.68. The van der Waals surface area contributed by atoms with Crippen molar-refractivity contribution in [1.82, 2.24) is 9.88 Å². The molecular formula is C24H19ClN2O4. The Balaban J connectivity index is 1.82. The van der Waals surface area contributed by atoms with Crippen molar-refractivity contribution in [2.45, 2.75) is 6.42 Å². The van der Waals surface area contributed by atoms with E-state index in [1.54, 1.807) is 6.07 Å². The Labute approximate surface area is 183 Å². The van der Waals surface area contributed by atoms with Crippen molar-refractivity contribution in [2.75, 3.05) is 13.2 Å². The van der Waals surface area contributed by atoms with E-state index >= 15 is 0 Å². The second-order valence-corrected chi connectivity index (χ2v) is 7.90. The molecule has 0 radical (unpaired) electrons. The first kappa shape index (κ1) is 19.6. The number of ether oxygens (including phenoxy) is 1. The van der Waals surface area contributed by atoms with Gasteiger partial charge in [-0.15, -0.1) is 0 Å². The van der Waals surface area contributed by atoms with E-state index < -0.39 is 11.8 Å². The number of aliphatic hydroxyl groups is 1. The summed E-state index contributed by atoms with van der Waals surface area (Å²) >= 11 is 6.44. The number of nitrogens with one attached hydrogen (secondary N) is 1. The standard InChI is InChI=1S/C24H19ClN2O4/c1-27-18-11-13(31-10-4-9-28)7-8-15(18)20-19(27)12-16(14-5-2-3-6-17(14)25)21-22(20)24(30)26-23(21)29/h2-3,5-8,11-12,28H,4,9-10H2,1H3,(H,26,29,30). The molecule has 5 rings (SSSR count). The quantitative estimate of drug-likeness (QED) is 0.362. The number of hydrogen-bond acceptors (Lipinski definition) is 4. The van der Waals surface area contributed by atoms with Crippen molar-refractivity contribution in [3.63, 3.8) is 0 Å². The minimum atomic E-state index is -0.419. The third kappa shape index (κ3) is 2.99. The number of aliphatic hydroxyl groups excluding tert-OH is 1. The van der Waals surface area contributed by atoms with Gasteiger partial charge in [0.15, 0.2) is 0 Å². The molecule has 0 spiro atoms. The molecule has 1 aliphatic heterocycles. The van der Waals surface area contributed by atoms with E-state index in [0.717, 1.165) is 21.8 Å². The van der Waals surface area contributed by atoms with Gasteiger partial charge >= 0.3 is 0 Å². The van der Waals surface area contributed by atoms with Gasteiger partial charge in [-0.05, 0) is 29.8 Å². The maximum atomic E-state index is 12.8. The fourth-order valence-corrected chi connectivity index (χ4v) is 4.50. The molecule has 0 saturated heterocycles. The predicted molar refractivity (Wildman–Crippen MR) is 120 cm³/mol. The average Bonchev–Trinajstić information content (AvgIpc) is 3.21. The summed E-state index contributed by atoms with van der Waals surface area (Å²) in [5, 5.41) is 13.5. The zero-order valence-corrected chi connectivity index (χ0v) is 17.5. The summed E-state index contributed by atoms with van der Waals surface area (Å²) in [5.41, 5.74) is 3.74. The molecule has 2 N–H and O–H groups in total. The number of rotatable bonds is 5. The smallest absolute Gasteiger partial charge is 0.259 e. The number of carbonyl (C=O) groups is 2. The molecule has 2 heterocycles. The van der Waals surface area contributed by atoms with Crippen LogP contribution in [-0.2, 0) is 7.05 Å². The van der Waals surface area contributed by atoms with Crippen molar-refractivity contribution in [2.24, 2.45) is 7.05 Å². The topological polar surface area (TPSA) is 80.6 Å². The first-order valence-corrected chi connectivity index (χ1v) is 10.3. The van der Waals surface area contributed by atoms with Crippen molar-refractivity contribution < 1.29 is 19.4 Å². The van der Waals surface area contributed by atoms with E-state index in [9.17, 15) is 9.59 Å². The van der Waals surface area contributed by atoms with Crippen LogP contribution in [0.3, 0.4) is 0 Å². The van der Waals surface area contributed by atoms with Crippen LogP contribution in [0.1, 0.15) is 27.1 Å². The summed E-state index contributed by atoms with van der Waals surface area (Å²) in [6.45, 7) is 0.477. The predicted octanol–water partition coefficient (Wildman–Crippen LogP) is 4.30. The number of halogens is 1. The SMILES string of the molecule is Cn1c2cc(OCCCO)ccc2c2c3c(c(-c4ccccc4Cl)cc21)C(=O)NC3=O. The Morgan fingerprint density at radius 3 is 2.55 bits per heavy atom. The summed E-state index contributed by atoms with van der Waals surface area (Å²) in [4.78, 5) is 25.6. The molecule has 31 heavy (non-hydrogen) atoms. The van der Waals surface area contributed by atoms with E-state index in [2.05, 4.69) is 5.32 Å². The van der Waals surface area contributed by atoms with E-state index in [4.69, 9.17) is 21.4 Å². The van der Waals surface area contributed by atoms with Crippen LogP contribution in [0.5, 0.6) is 5.75 Å². The maximum Gasteiger partial charge on any atom is 0.259 e. The highest BCUT2D eigenvalue weighted by molar-refractivity contribution is 6.36. The lowest BCUT2D eigenvalue weighted by atomic mass is 9.93. The van der Waals surface area contributed by atoms with Gasteiger partial charge in [-0.1, -0.05) is 29.8 Å². The summed E-state index contributed by atoms with van der Waals surface area (Å²) in [7, 11) is 1.92. The van der Waals surface area contributed by atoms with Gasteiger partial charge in [-0.25, -0.2) is 0 Å². The fraction of sp³-hybridized carbons (Fsp3) is 0.167. The molecule has 0 atom stereocenters. The van der Waals surface area contributed by atoms with E-state index in [0.29, 0.717) is 46.1 Å². The largest absolute Gasteiger partial charge is 0.493 e. The number of aromatic nitrogens is 1. The van der Waals surface area contributed by atoms with Crippen LogP contribution in [0.4, 0.5) is 0 Å². The number of imide groups is 1. The molecule has 1 aliphatic rings. The second-order valence-electron chi connectivity index (χ2n) is 7.49. The van der Waals surface area contributed by atoms with Crippen LogP contribution in [0.25, 0.3) is 32.9 Å². The Morgan fingerprint density at radius 1 is 1.00 bits per heavy atom. The molecule has 0 aliphatic carbocycles. The van der Waals surface area contributed by atoms with Gasteiger partial charge in [-0.3, -0.25) is 14.9 Å². The molecular weight excluding hydrogens is 416 g/mol. The number of amides is 2. The van der Waals surface area contributed by atoms with Gasteiger partial charge in [-0.2, -0.15) is 0 Å². The molecule has 2 amide bonds. The highest BCUT2D eigenvalue weighted by Gasteiger charge is 2.34. The lowest BCUT2D eigenvalue weighted by molar-refractivity contribution is 0.0880. The van der Waals surface area contributed by atoms with Crippen LogP contribution in [-0.4, -0.2) is 34.7 Å². The van der Waals surface area contributed by atoms with Gasteiger partial charge in [0.25, 0.3) is 11.8 Å². The Morgan fingerprint density at radius 2 is 1.77 bits per heavy atom. The first-order valence-electron chi connectivity index (χ1n) is 9.94. The van der Waals surface area contributed by atoms with Gasteiger partial charge in [0.2, 0.25) is 0 Å². The van der Waals surface area contributed by atoms with Gasteiger partial charge in [0, 0.05) is 47.5 Å². The molecule has 7 heteroatoms. The molecule has 4 aromatic rings. The fourth-order valence-electron chi connectivity index (χ4n) is 4.26. The van der Waals surface area contributed by atoms with Gasteiger partial charge < -0.3 is 14.4 Å². The lowest BCUT2D eigenvalue weighted by Gasteiger charge is -2.10. The summed E-state index contributed by atoms with van der Waals surface area (Å²) in [6, 6.07) is 14.8. The van der Waals surface area contributed by atoms with Crippen molar-refractivity contribution >= 4 is 45.2 Å². The van der Waals surface area contributed by atoms with Crippen molar-refractivity contribution in [1.29, 1.82) is 0 Å². The van der Waals surface area contributed by atoms with Crippen LogP contribution < -0.4 is 10.1 Å². The van der Waals surface area contributed by atoms with Gasteiger partial charge in [0.1, 0.15) is 5.75 Å². The zero-order chi connectivity index (χ0) is 21.7. The number of aryl methyl sites for hydroxylation is 1. The van der Waals surface area contributed by atoms with Crippen molar-refractivity contribution in [3.8, 4) is 16.9 Å². The number of benzene rings is 3. The monoisotopic (exact) mass is 434 g/mol. The van der Waals surface area contributed by atoms with E-state index in [1.165, 1.54) is 0 Å². The summed E-state index contributed by atoms with van der Waals surface area (Å²) in [5.74, 6) is -0.150. The molecule has 0 fully saturated rings. The molecule has 0 saturated carbocycles. The van der Waals surface area contributed by atoms with E-state index in [1.807, 2.05) is 54.1 Å². The Bertz CT molecular complexity index is 1390. The molecule has 156 valence electrons. The van der Waals surface area contributed by atoms with Gasteiger partial charge in [0.05, 0.1) is 28.8 Å². The molecule has 3 aromatic carbocycles. The van der Waals surface area contributed by atoms with Crippen molar-refractivity contribution in [3.05, 3.63) is 64.7 Å². The Kier molecular flexibility index (Phi) is 4.68. The van der Waals surface area contributed by atoms with Crippen LogP contribution in [0.2, 0.25) is 5.02 Å². The summed E-state index contributed by atoms with van der Waals surface area (Å²) in [6.07, 6.45) is 0.546. The van der Waals surface area contributed by atoms with Crippen LogP contribution in [0.15, 0.2) is 48.5 Å². The number of hydrogen-bond donors (Lipinski definition) is 2. The number of nitrogens with zero attached hydrogens (tertiary/aromatic N) is 1. The highest BCUT2D eigenvalue weighted by Crippen LogP contribution is 2.42. The van der Waals surface area contributed by atoms with E-state index in [-0.39, 0.29) is 6.61 Å².